The van der Waals surface area contributed by atoms with Crippen LogP contribution in [0.25, 0.3) is 0 Å². The van der Waals surface area contributed by atoms with Crippen molar-refractivity contribution in [2.75, 3.05) is 16.9 Å². The topological polar surface area (TPSA) is 53.9 Å². The van der Waals surface area contributed by atoms with Crippen molar-refractivity contribution in [3.05, 3.63) is 59.1 Å². The number of hydrogen-bond acceptors (Lipinski definition) is 4. The number of hydrazone groups is 1. The van der Waals surface area contributed by atoms with E-state index in [0.29, 0.717) is 10.7 Å². The van der Waals surface area contributed by atoms with Crippen LogP contribution in [-0.4, -0.2) is 24.5 Å². The summed E-state index contributed by atoms with van der Waals surface area (Å²) in [4.78, 5) is 14.4. The molecular formula is C19H20ClN3O2. The van der Waals surface area contributed by atoms with Crippen LogP contribution >= 0.6 is 11.6 Å². The van der Waals surface area contributed by atoms with E-state index >= 15 is 0 Å². The second-order valence-electron chi connectivity index (χ2n) is 5.80. The van der Waals surface area contributed by atoms with Gasteiger partial charge in [0.2, 0.25) is 5.84 Å². The van der Waals surface area contributed by atoms with Gasteiger partial charge in [-0.15, -0.1) is 5.10 Å². The number of esters is 1. The van der Waals surface area contributed by atoms with Crippen LogP contribution in [0.15, 0.2) is 53.6 Å². The first kappa shape index (κ1) is 17.3. The van der Waals surface area contributed by atoms with Gasteiger partial charge in [-0.2, -0.15) is 0 Å². The number of anilines is 2. The molecule has 1 heterocycles. The lowest BCUT2D eigenvalue weighted by molar-refractivity contribution is -0.135. The molecule has 25 heavy (non-hydrogen) atoms. The maximum Gasteiger partial charge on any atom is 0.376 e. The Morgan fingerprint density at radius 2 is 2.00 bits per heavy atom. The first-order chi connectivity index (χ1) is 12.1. The average molecular weight is 358 g/mol. The van der Waals surface area contributed by atoms with Crippen molar-refractivity contribution in [2.45, 2.75) is 26.3 Å². The van der Waals surface area contributed by atoms with Crippen LogP contribution in [0.4, 0.5) is 11.4 Å². The smallest absolute Gasteiger partial charge is 0.376 e. The predicted molar refractivity (Wildman–Crippen MR) is 101 cm³/mol. The number of benzene rings is 2. The number of nitrogens with zero attached hydrogens (tertiary/aromatic N) is 2. The number of halogens is 1. The Kier molecular flexibility index (Phi) is 5.24. The van der Waals surface area contributed by atoms with Gasteiger partial charge in [-0.05, 0) is 44.0 Å². The summed E-state index contributed by atoms with van der Waals surface area (Å²) in [6.07, 6.45) is 0.848. The number of hydrogen-bond donors (Lipinski definition) is 1. The molecule has 1 aliphatic heterocycles. The third kappa shape index (κ3) is 3.61. The lowest BCUT2D eigenvalue weighted by Crippen LogP contribution is -2.42. The van der Waals surface area contributed by atoms with E-state index in [9.17, 15) is 4.79 Å². The van der Waals surface area contributed by atoms with Gasteiger partial charge in [0.15, 0.2) is 0 Å². The van der Waals surface area contributed by atoms with Crippen molar-refractivity contribution in [3.8, 4) is 0 Å². The highest BCUT2D eigenvalue weighted by Crippen LogP contribution is 2.32. The highest BCUT2D eigenvalue weighted by Gasteiger charge is 2.33. The maximum atomic E-state index is 12.5. The molecule has 0 saturated heterocycles. The van der Waals surface area contributed by atoms with E-state index in [1.54, 1.807) is 19.1 Å². The SMILES string of the molecule is CCOC(=O)/C(=N\Nc1ccccc1Cl)N1c2ccccc2CC1C. The molecule has 1 unspecified atom stereocenters. The Morgan fingerprint density at radius 3 is 2.76 bits per heavy atom. The number of carbonyl (C=O) groups is 1. The molecule has 130 valence electrons. The number of rotatable bonds is 3. The minimum atomic E-state index is -0.467. The van der Waals surface area contributed by atoms with E-state index in [2.05, 4.69) is 23.5 Å². The number of amidine groups is 1. The van der Waals surface area contributed by atoms with Crippen molar-refractivity contribution < 1.29 is 9.53 Å². The van der Waals surface area contributed by atoms with Crippen LogP contribution in [0.3, 0.4) is 0 Å². The van der Waals surface area contributed by atoms with Crippen molar-refractivity contribution in [1.82, 2.24) is 0 Å². The van der Waals surface area contributed by atoms with Gasteiger partial charge in [0.05, 0.1) is 17.3 Å². The van der Waals surface area contributed by atoms with Crippen molar-refractivity contribution in [1.29, 1.82) is 0 Å². The van der Waals surface area contributed by atoms with Crippen LogP contribution in [-0.2, 0) is 16.0 Å². The Bertz CT molecular complexity index is 807. The molecule has 1 aliphatic rings. The highest BCUT2D eigenvalue weighted by molar-refractivity contribution is 6.41. The standard InChI is InChI=1S/C19H20ClN3O2/c1-3-25-19(24)18(22-21-16-10-6-5-9-15(16)20)23-13(2)12-14-8-4-7-11-17(14)23/h4-11,13,21H,3,12H2,1-2H3/b22-18+. The highest BCUT2D eigenvalue weighted by atomic mass is 35.5. The summed E-state index contributed by atoms with van der Waals surface area (Å²) in [7, 11) is 0. The zero-order chi connectivity index (χ0) is 17.8. The summed E-state index contributed by atoms with van der Waals surface area (Å²) < 4.78 is 5.21. The monoisotopic (exact) mass is 357 g/mol. The molecule has 5 nitrogen and oxygen atoms in total. The van der Waals surface area contributed by atoms with Gasteiger partial charge >= 0.3 is 5.97 Å². The Morgan fingerprint density at radius 1 is 1.28 bits per heavy atom. The van der Waals surface area contributed by atoms with Crippen LogP contribution in [0.5, 0.6) is 0 Å². The molecule has 0 saturated carbocycles. The molecular weight excluding hydrogens is 338 g/mol. The first-order valence-corrected chi connectivity index (χ1v) is 8.62. The number of nitrogens with one attached hydrogen (secondary N) is 1. The van der Waals surface area contributed by atoms with Gasteiger partial charge in [-0.25, -0.2) is 4.79 Å². The fourth-order valence-corrected chi connectivity index (χ4v) is 3.12. The second-order valence-corrected chi connectivity index (χ2v) is 6.21. The lowest BCUT2D eigenvalue weighted by atomic mass is 10.1. The van der Waals surface area contributed by atoms with Gasteiger partial charge in [0.25, 0.3) is 0 Å². The summed E-state index contributed by atoms with van der Waals surface area (Å²) in [5.74, 6) is -0.246. The third-order valence-corrected chi connectivity index (χ3v) is 4.38. The Labute approximate surface area is 152 Å². The molecule has 0 radical (unpaired) electrons. The van der Waals surface area contributed by atoms with E-state index in [-0.39, 0.29) is 18.5 Å². The largest absolute Gasteiger partial charge is 0.460 e. The third-order valence-electron chi connectivity index (χ3n) is 4.05. The number of ether oxygens (including phenoxy) is 1. The zero-order valence-corrected chi connectivity index (χ0v) is 15.0. The quantitative estimate of drug-likeness (QED) is 0.389. The molecule has 0 spiro atoms. The zero-order valence-electron chi connectivity index (χ0n) is 14.2. The van der Waals surface area contributed by atoms with Gasteiger partial charge in [-0.3, -0.25) is 5.43 Å². The molecule has 0 amide bonds. The maximum absolute atomic E-state index is 12.5. The van der Waals surface area contributed by atoms with E-state index in [0.717, 1.165) is 12.1 Å². The van der Waals surface area contributed by atoms with Crippen LogP contribution in [0.1, 0.15) is 19.4 Å². The molecule has 0 fully saturated rings. The number of carbonyl (C=O) groups excluding carboxylic acids is 1. The molecule has 1 atom stereocenters. The van der Waals surface area contributed by atoms with Crippen molar-refractivity contribution in [2.24, 2.45) is 5.10 Å². The molecule has 2 aromatic carbocycles. The van der Waals surface area contributed by atoms with Crippen molar-refractivity contribution in [3.63, 3.8) is 0 Å². The summed E-state index contributed by atoms with van der Waals surface area (Å²) in [6, 6.07) is 15.4. The second kappa shape index (κ2) is 7.57. The molecule has 1 N–H and O–H groups in total. The van der Waals surface area contributed by atoms with E-state index in [1.165, 1.54) is 5.56 Å². The van der Waals surface area contributed by atoms with E-state index in [4.69, 9.17) is 16.3 Å². The summed E-state index contributed by atoms with van der Waals surface area (Å²) in [5, 5.41) is 4.87. The van der Waals surface area contributed by atoms with E-state index in [1.807, 2.05) is 35.2 Å². The van der Waals surface area contributed by atoms with Crippen LogP contribution in [0, 0.1) is 0 Å². The normalized spacial score (nSPS) is 16.5. The minimum absolute atomic E-state index is 0.105. The van der Waals surface area contributed by atoms with Crippen LogP contribution < -0.4 is 10.3 Å². The molecule has 0 aromatic heterocycles. The fourth-order valence-electron chi connectivity index (χ4n) is 2.95. The first-order valence-electron chi connectivity index (χ1n) is 8.24. The summed E-state index contributed by atoms with van der Waals surface area (Å²) >= 11 is 6.16. The van der Waals surface area contributed by atoms with Gasteiger partial charge in [-0.1, -0.05) is 41.9 Å². The molecule has 3 rings (SSSR count). The molecule has 2 aromatic rings. The Balaban J connectivity index is 1.97. The lowest BCUT2D eigenvalue weighted by Gasteiger charge is -2.25. The van der Waals surface area contributed by atoms with Gasteiger partial charge in [0.1, 0.15) is 0 Å². The van der Waals surface area contributed by atoms with Crippen molar-refractivity contribution >= 4 is 34.8 Å². The van der Waals surface area contributed by atoms with Gasteiger partial charge < -0.3 is 9.64 Å². The average Bonchev–Trinajstić information content (AvgIpc) is 2.93. The summed E-state index contributed by atoms with van der Waals surface area (Å²) in [5.41, 5.74) is 5.68. The number of fused-ring (bicyclic) bond motifs is 1. The molecule has 6 heteroatoms. The fraction of sp³-hybridized carbons (Fsp3) is 0.263. The minimum Gasteiger partial charge on any atom is -0.460 e. The van der Waals surface area contributed by atoms with Gasteiger partial charge in [0, 0.05) is 11.7 Å². The summed E-state index contributed by atoms with van der Waals surface area (Å²) in [6.45, 7) is 4.12. The molecule has 0 bridgehead atoms. The Hall–Kier alpha value is -2.53. The number of para-hydroxylation sites is 2. The van der Waals surface area contributed by atoms with Crippen LogP contribution in [0.2, 0.25) is 5.02 Å². The predicted octanol–water partition coefficient (Wildman–Crippen LogP) is 4.08. The molecule has 0 aliphatic carbocycles. The van der Waals surface area contributed by atoms with E-state index < -0.39 is 5.97 Å².